The van der Waals surface area contributed by atoms with Gasteiger partial charge in [0, 0.05) is 49.1 Å². The summed E-state index contributed by atoms with van der Waals surface area (Å²) in [6, 6.07) is 11.5. The van der Waals surface area contributed by atoms with Crippen molar-refractivity contribution in [2.45, 2.75) is 63.8 Å². The number of aromatic nitrogens is 2. The molecule has 7 rings (SSSR count). The van der Waals surface area contributed by atoms with Crippen molar-refractivity contribution in [1.82, 2.24) is 25.3 Å². The van der Waals surface area contributed by atoms with Gasteiger partial charge in [-0.05, 0) is 54.0 Å². The van der Waals surface area contributed by atoms with Crippen LogP contribution in [0.1, 0.15) is 65.2 Å². The number of nitrogens with zero attached hydrogens (tertiary/aromatic N) is 4. The maximum absolute atomic E-state index is 13.4. The first-order chi connectivity index (χ1) is 19.3. The van der Waals surface area contributed by atoms with Crippen LogP contribution < -0.4 is 5.32 Å². The molecule has 1 unspecified atom stereocenters. The summed E-state index contributed by atoms with van der Waals surface area (Å²) in [5.41, 5.74) is 4.16. The Bertz CT molecular complexity index is 1520. The smallest absolute Gasteiger partial charge is 0.255 e. The topological polar surface area (TPSA) is 129 Å². The molecule has 2 N–H and O–H groups in total. The molecule has 0 bridgehead atoms. The van der Waals surface area contributed by atoms with E-state index < -0.39 is 17.6 Å². The zero-order chi connectivity index (χ0) is 27.6. The van der Waals surface area contributed by atoms with Crippen molar-refractivity contribution in [3.8, 4) is 11.4 Å². The van der Waals surface area contributed by atoms with Gasteiger partial charge in [-0.15, -0.1) is 0 Å². The Morgan fingerprint density at radius 1 is 1.15 bits per heavy atom. The minimum Gasteiger partial charge on any atom is -0.384 e. The van der Waals surface area contributed by atoms with Crippen LogP contribution in [0.5, 0.6) is 0 Å². The van der Waals surface area contributed by atoms with Crippen molar-refractivity contribution >= 4 is 17.7 Å². The Balaban J connectivity index is 1.11. The third-order valence-corrected chi connectivity index (χ3v) is 9.57. The van der Waals surface area contributed by atoms with Crippen LogP contribution in [-0.4, -0.2) is 61.9 Å². The van der Waals surface area contributed by atoms with Gasteiger partial charge >= 0.3 is 0 Å². The van der Waals surface area contributed by atoms with Gasteiger partial charge in [-0.3, -0.25) is 24.6 Å². The summed E-state index contributed by atoms with van der Waals surface area (Å²) in [5, 5.41) is 18.5. The van der Waals surface area contributed by atoms with E-state index in [0.717, 1.165) is 48.3 Å². The maximum atomic E-state index is 13.4. The zero-order valence-electron chi connectivity index (χ0n) is 22.4. The molecule has 3 aromatic rings. The minimum absolute atomic E-state index is 0.175. The van der Waals surface area contributed by atoms with Gasteiger partial charge in [0.25, 0.3) is 5.91 Å². The molecule has 3 atom stereocenters. The van der Waals surface area contributed by atoms with Gasteiger partial charge in [0.15, 0.2) is 0 Å². The van der Waals surface area contributed by atoms with Gasteiger partial charge < -0.3 is 14.5 Å². The molecule has 4 heterocycles. The predicted octanol–water partition coefficient (Wildman–Crippen LogP) is 2.54. The van der Waals surface area contributed by atoms with Crippen LogP contribution in [0.25, 0.3) is 11.4 Å². The van der Waals surface area contributed by atoms with E-state index in [0.29, 0.717) is 37.2 Å². The number of hydrogen-bond donors (Lipinski definition) is 2. The number of nitrogens with one attached hydrogen (secondary N) is 1. The monoisotopic (exact) mass is 541 g/mol. The zero-order valence-corrected chi connectivity index (χ0v) is 22.4. The van der Waals surface area contributed by atoms with Crippen LogP contribution in [0.3, 0.4) is 0 Å². The first-order valence-corrected chi connectivity index (χ1v) is 13.9. The fraction of sp³-hybridized carbons (Fsp3) is 0.433. The van der Waals surface area contributed by atoms with Crippen molar-refractivity contribution in [2.75, 3.05) is 13.1 Å². The molecule has 10 nitrogen and oxygen atoms in total. The first kappa shape index (κ1) is 25.1. The van der Waals surface area contributed by atoms with Crippen molar-refractivity contribution < 1.29 is 24.0 Å². The van der Waals surface area contributed by atoms with Crippen molar-refractivity contribution in [3.63, 3.8) is 0 Å². The largest absolute Gasteiger partial charge is 0.384 e. The molecule has 0 spiro atoms. The summed E-state index contributed by atoms with van der Waals surface area (Å²) in [5.74, 6) is -0.320. The van der Waals surface area contributed by atoms with E-state index in [2.05, 4.69) is 39.4 Å². The summed E-state index contributed by atoms with van der Waals surface area (Å²) in [6.45, 7) is 4.74. The number of carbonyl (C=O) groups excluding carboxylic acids is 3. The molecule has 3 aliphatic heterocycles. The van der Waals surface area contributed by atoms with E-state index in [9.17, 15) is 19.5 Å². The summed E-state index contributed by atoms with van der Waals surface area (Å²) >= 11 is 0. The lowest BCUT2D eigenvalue weighted by Crippen LogP contribution is -2.55. The van der Waals surface area contributed by atoms with Crippen LogP contribution in [0.4, 0.5) is 0 Å². The third kappa shape index (κ3) is 3.73. The summed E-state index contributed by atoms with van der Waals surface area (Å²) in [6.07, 6.45) is 4.00. The number of hydrogen-bond acceptors (Lipinski definition) is 8. The number of imide groups is 1. The molecule has 2 saturated heterocycles. The second-order valence-corrected chi connectivity index (χ2v) is 11.6. The molecule has 4 aliphatic rings. The highest BCUT2D eigenvalue weighted by Crippen LogP contribution is 2.57. The normalized spacial score (nSPS) is 27.9. The molecule has 3 amide bonds. The van der Waals surface area contributed by atoms with Crippen LogP contribution in [0, 0.1) is 5.41 Å². The number of carbonyl (C=O) groups is 3. The molecule has 2 fully saturated rings. The van der Waals surface area contributed by atoms with Gasteiger partial charge in [-0.2, -0.15) is 4.98 Å². The van der Waals surface area contributed by atoms with E-state index in [1.54, 1.807) is 4.90 Å². The molecule has 1 aliphatic carbocycles. The van der Waals surface area contributed by atoms with Crippen LogP contribution in [0.15, 0.2) is 47.3 Å². The lowest BCUT2D eigenvalue weighted by Gasteiger charge is -2.50. The van der Waals surface area contributed by atoms with Gasteiger partial charge in [-0.25, -0.2) is 0 Å². The first-order valence-electron chi connectivity index (χ1n) is 13.9. The molecule has 0 saturated carbocycles. The highest BCUT2D eigenvalue weighted by atomic mass is 16.5. The number of benzene rings is 2. The lowest BCUT2D eigenvalue weighted by atomic mass is 9.66. The quantitative estimate of drug-likeness (QED) is 0.472. The average molecular weight is 542 g/mol. The molecule has 206 valence electrons. The van der Waals surface area contributed by atoms with Crippen molar-refractivity contribution in [3.05, 3.63) is 70.6 Å². The second-order valence-electron chi connectivity index (χ2n) is 11.6. The molecular formula is C30H31N5O5. The summed E-state index contributed by atoms with van der Waals surface area (Å²) < 4.78 is 4.85. The Hall–Kier alpha value is -3.89. The second kappa shape index (κ2) is 9.07. The average Bonchev–Trinajstić information content (AvgIpc) is 3.65. The van der Waals surface area contributed by atoms with E-state index in [1.165, 1.54) is 12.0 Å². The molecule has 0 radical (unpaired) electrons. The fourth-order valence-electron chi connectivity index (χ4n) is 7.38. The molecule has 40 heavy (non-hydrogen) atoms. The lowest BCUT2D eigenvalue weighted by molar-refractivity contribution is -0.137. The molecular weight excluding hydrogens is 510 g/mol. The highest BCUT2D eigenvalue weighted by molar-refractivity contribution is 6.05. The Kier molecular flexibility index (Phi) is 5.69. The minimum atomic E-state index is -0.976. The highest BCUT2D eigenvalue weighted by Gasteiger charge is 2.59. The molecule has 2 aromatic carbocycles. The van der Waals surface area contributed by atoms with E-state index in [4.69, 9.17) is 4.52 Å². The standard InChI is InChI=1S/C30H31N5O5/c1-2-29-13-20-11-22-21(15-35(28(22)38)24-7-8-25(36)32-27(24)37)12-23(20)30(29,39)9-10-34(16-29)14-18-3-5-19(6-4-18)26-31-17-40-33-26/h3-6,11-12,17,24,39H,2,7-10,13-16H2,1H3,(H,32,36,37)/t24-,29?,30-/m1/s1. The van der Waals surface area contributed by atoms with Gasteiger partial charge in [0.2, 0.25) is 24.0 Å². The van der Waals surface area contributed by atoms with Crippen molar-refractivity contribution in [1.29, 1.82) is 0 Å². The predicted molar refractivity (Wildman–Crippen MR) is 142 cm³/mol. The van der Waals surface area contributed by atoms with Crippen LogP contribution in [0.2, 0.25) is 0 Å². The number of fused-ring (bicyclic) bond motifs is 4. The van der Waals surface area contributed by atoms with Gasteiger partial charge in [-0.1, -0.05) is 42.4 Å². The number of amides is 3. The fourth-order valence-corrected chi connectivity index (χ4v) is 7.38. The van der Waals surface area contributed by atoms with Gasteiger partial charge in [0.05, 0.1) is 5.60 Å². The number of likely N-dealkylation sites (tertiary alicyclic amines) is 1. The maximum Gasteiger partial charge on any atom is 0.255 e. The van der Waals surface area contributed by atoms with Crippen molar-refractivity contribution in [2.24, 2.45) is 5.41 Å². The van der Waals surface area contributed by atoms with Crippen LogP contribution in [-0.2, 0) is 34.7 Å². The van der Waals surface area contributed by atoms with E-state index >= 15 is 0 Å². The number of aliphatic hydroxyl groups is 1. The third-order valence-electron chi connectivity index (χ3n) is 9.57. The Labute approximate surface area is 231 Å². The van der Waals surface area contributed by atoms with Gasteiger partial charge in [0.1, 0.15) is 6.04 Å². The summed E-state index contributed by atoms with van der Waals surface area (Å²) in [7, 11) is 0. The number of rotatable bonds is 5. The van der Waals surface area contributed by atoms with E-state index in [-0.39, 0.29) is 23.7 Å². The van der Waals surface area contributed by atoms with E-state index in [1.807, 2.05) is 24.3 Å². The summed E-state index contributed by atoms with van der Waals surface area (Å²) in [4.78, 5) is 45.6. The Morgan fingerprint density at radius 3 is 2.70 bits per heavy atom. The molecule has 1 aromatic heterocycles. The SMILES string of the molecule is CCC12Cc3cc4c(cc3[C@]1(O)CCN(Cc1ccc(-c3ncon3)cc1)C2)CN([C@@H]1CCC(=O)NC1=O)C4=O. The number of piperidine rings is 2. The molecule has 10 heteroatoms. The van der Waals surface area contributed by atoms with Crippen LogP contribution >= 0.6 is 0 Å². The Morgan fingerprint density at radius 2 is 1.98 bits per heavy atom.